The third kappa shape index (κ3) is 4.86. The minimum atomic E-state index is -3.16. The summed E-state index contributed by atoms with van der Waals surface area (Å²) in [5, 5.41) is 3.74. The van der Waals surface area contributed by atoms with Gasteiger partial charge in [0.2, 0.25) is 0 Å². The van der Waals surface area contributed by atoms with Crippen LogP contribution in [0.3, 0.4) is 0 Å². The smallest absolute Gasteiger partial charge is 0.306 e. The van der Waals surface area contributed by atoms with Gasteiger partial charge in [-0.05, 0) is 18.2 Å². The van der Waals surface area contributed by atoms with E-state index in [2.05, 4.69) is 4.98 Å². The maximum absolute atomic E-state index is 11.9. The standard InChI is InChI=1S/C18H19NO6S2/c1-23-15-4-3-13(8-16(15)24-2)18-19-14(10-26-18)9-25-17(20)7-12-5-6-27(21,22)11-12/h3-6,8,10,12H,7,9,11H2,1-2H3/t12-/m0/s1. The molecule has 3 rings (SSSR count). The number of esters is 1. The van der Waals surface area contributed by atoms with Crippen LogP contribution in [0.25, 0.3) is 10.6 Å². The zero-order chi connectivity index (χ0) is 19.4. The predicted molar refractivity (Wildman–Crippen MR) is 101 cm³/mol. The summed E-state index contributed by atoms with van der Waals surface area (Å²) in [7, 11) is -0.0224. The lowest BCUT2D eigenvalue weighted by Crippen LogP contribution is -2.13. The predicted octanol–water partition coefficient (Wildman–Crippen LogP) is 2.82. The fourth-order valence-electron chi connectivity index (χ4n) is 2.67. The van der Waals surface area contributed by atoms with Crippen molar-refractivity contribution in [2.75, 3.05) is 20.0 Å². The van der Waals surface area contributed by atoms with E-state index in [4.69, 9.17) is 14.2 Å². The number of sulfone groups is 1. The van der Waals surface area contributed by atoms with Gasteiger partial charge in [-0.1, -0.05) is 6.08 Å². The van der Waals surface area contributed by atoms with Crippen molar-refractivity contribution in [1.29, 1.82) is 0 Å². The Kier molecular flexibility index (Phi) is 5.81. The number of hydrogen-bond donors (Lipinski definition) is 0. The van der Waals surface area contributed by atoms with Crippen molar-refractivity contribution in [1.82, 2.24) is 4.98 Å². The van der Waals surface area contributed by atoms with E-state index in [1.54, 1.807) is 20.3 Å². The highest BCUT2D eigenvalue weighted by Gasteiger charge is 2.24. The molecule has 0 radical (unpaired) electrons. The zero-order valence-electron chi connectivity index (χ0n) is 14.9. The van der Waals surface area contributed by atoms with Crippen LogP contribution >= 0.6 is 11.3 Å². The summed E-state index contributed by atoms with van der Waals surface area (Å²) in [5.41, 5.74) is 1.50. The van der Waals surface area contributed by atoms with Gasteiger partial charge in [0, 0.05) is 22.3 Å². The van der Waals surface area contributed by atoms with Gasteiger partial charge in [-0.3, -0.25) is 4.79 Å². The van der Waals surface area contributed by atoms with Crippen LogP contribution in [0.5, 0.6) is 11.5 Å². The molecule has 0 bridgehead atoms. The van der Waals surface area contributed by atoms with Gasteiger partial charge in [-0.15, -0.1) is 11.3 Å². The fourth-order valence-corrected chi connectivity index (χ4v) is 4.87. The van der Waals surface area contributed by atoms with E-state index < -0.39 is 15.8 Å². The topological polar surface area (TPSA) is 91.8 Å². The normalized spacial score (nSPS) is 17.6. The molecule has 1 atom stereocenters. The first-order valence-electron chi connectivity index (χ1n) is 8.13. The van der Waals surface area contributed by atoms with Crippen molar-refractivity contribution in [3.63, 3.8) is 0 Å². The largest absolute Gasteiger partial charge is 0.493 e. The van der Waals surface area contributed by atoms with E-state index in [-0.39, 0.29) is 24.7 Å². The van der Waals surface area contributed by atoms with Crippen LogP contribution in [0.2, 0.25) is 0 Å². The Hall–Kier alpha value is -2.39. The third-order valence-corrected chi connectivity index (χ3v) is 6.40. The van der Waals surface area contributed by atoms with Crippen molar-refractivity contribution < 1.29 is 27.4 Å². The van der Waals surface area contributed by atoms with Crippen LogP contribution in [0.15, 0.2) is 35.1 Å². The third-order valence-electron chi connectivity index (χ3n) is 4.00. The highest BCUT2D eigenvalue weighted by Crippen LogP contribution is 2.33. The molecule has 7 nitrogen and oxygen atoms in total. The molecule has 2 aromatic rings. The van der Waals surface area contributed by atoms with Crippen LogP contribution in [0.4, 0.5) is 0 Å². The summed E-state index contributed by atoms with van der Waals surface area (Å²) in [5.74, 6) is 0.442. The Morgan fingerprint density at radius 2 is 2.04 bits per heavy atom. The first-order chi connectivity index (χ1) is 12.9. The number of methoxy groups -OCH3 is 2. The average molecular weight is 409 g/mol. The Morgan fingerprint density at radius 1 is 1.26 bits per heavy atom. The monoisotopic (exact) mass is 409 g/mol. The van der Waals surface area contributed by atoms with Gasteiger partial charge in [-0.25, -0.2) is 13.4 Å². The Balaban J connectivity index is 1.58. The molecule has 27 heavy (non-hydrogen) atoms. The molecule has 0 amide bonds. The molecule has 0 N–H and O–H groups in total. The minimum Gasteiger partial charge on any atom is -0.493 e. The quantitative estimate of drug-likeness (QED) is 0.649. The van der Waals surface area contributed by atoms with Gasteiger partial charge in [0.1, 0.15) is 11.6 Å². The number of aromatic nitrogens is 1. The molecule has 1 aromatic carbocycles. The Bertz CT molecular complexity index is 964. The number of thiazole rings is 1. The maximum Gasteiger partial charge on any atom is 0.306 e. The van der Waals surface area contributed by atoms with E-state index >= 15 is 0 Å². The molecule has 9 heteroatoms. The number of carbonyl (C=O) groups excluding carboxylic acids is 1. The van der Waals surface area contributed by atoms with E-state index in [0.717, 1.165) is 16.0 Å². The number of carbonyl (C=O) groups is 1. The number of hydrogen-bond acceptors (Lipinski definition) is 8. The second-order valence-corrected chi connectivity index (χ2v) is 8.79. The highest BCUT2D eigenvalue weighted by molar-refractivity contribution is 7.94. The molecule has 0 spiro atoms. The first-order valence-corrected chi connectivity index (χ1v) is 10.7. The number of nitrogens with zero attached hydrogens (tertiary/aromatic N) is 1. The van der Waals surface area contributed by atoms with Gasteiger partial charge in [0.05, 0.1) is 32.1 Å². The summed E-state index contributed by atoms with van der Waals surface area (Å²) in [6.45, 7) is 0.0474. The lowest BCUT2D eigenvalue weighted by atomic mass is 10.1. The zero-order valence-corrected chi connectivity index (χ0v) is 16.5. The summed E-state index contributed by atoms with van der Waals surface area (Å²) in [4.78, 5) is 16.4. The van der Waals surface area contributed by atoms with Gasteiger partial charge >= 0.3 is 5.97 Å². The SMILES string of the molecule is COc1ccc(-c2nc(COC(=O)C[C@@H]3C=CS(=O)(=O)C3)cs2)cc1OC. The summed E-state index contributed by atoms with van der Waals surface area (Å²) in [6, 6.07) is 5.52. The molecule has 0 aliphatic carbocycles. The van der Waals surface area contributed by atoms with Crippen molar-refractivity contribution in [3.8, 4) is 22.1 Å². The highest BCUT2D eigenvalue weighted by atomic mass is 32.2. The number of benzene rings is 1. The van der Waals surface area contributed by atoms with Gasteiger partial charge in [0.25, 0.3) is 0 Å². The van der Waals surface area contributed by atoms with E-state index in [9.17, 15) is 13.2 Å². The van der Waals surface area contributed by atoms with Crippen LogP contribution in [-0.2, 0) is 26.0 Å². The Labute approximate surface area is 161 Å². The fraction of sp³-hybridized carbons (Fsp3) is 0.333. The second-order valence-electron chi connectivity index (χ2n) is 6.00. The first kappa shape index (κ1) is 19.4. The minimum absolute atomic E-state index is 0.0394. The van der Waals surface area contributed by atoms with Crippen LogP contribution < -0.4 is 9.47 Å². The van der Waals surface area contributed by atoms with Crippen molar-refractivity contribution in [3.05, 3.63) is 40.8 Å². The van der Waals surface area contributed by atoms with Crippen molar-refractivity contribution in [2.24, 2.45) is 5.92 Å². The van der Waals surface area contributed by atoms with E-state index in [0.29, 0.717) is 17.2 Å². The lowest BCUT2D eigenvalue weighted by molar-refractivity contribution is -0.145. The second kappa shape index (κ2) is 8.10. The molecule has 1 aliphatic heterocycles. The van der Waals surface area contributed by atoms with Crippen LogP contribution in [0, 0.1) is 5.92 Å². The van der Waals surface area contributed by atoms with Gasteiger partial charge in [0.15, 0.2) is 21.3 Å². The molecule has 0 unspecified atom stereocenters. The lowest BCUT2D eigenvalue weighted by Gasteiger charge is -2.08. The maximum atomic E-state index is 11.9. The van der Waals surface area contributed by atoms with Crippen molar-refractivity contribution >= 4 is 27.1 Å². The van der Waals surface area contributed by atoms with E-state index in [1.807, 2.05) is 17.5 Å². The summed E-state index contributed by atoms with van der Waals surface area (Å²) < 4.78 is 38.5. The number of rotatable bonds is 7. The van der Waals surface area contributed by atoms with Gasteiger partial charge in [-0.2, -0.15) is 0 Å². The summed E-state index contributed by atoms with van der Waals surface area (Å²) in [6.07, 6.45) is 1.58. The molecule has 0 fully saturated rings. The number of allylic oxidation sites excluding steroid dienone is 1. The van der Waals surface area contributed by atoms with Gasteiger partial charge < -0.3 is 14.2 Å². The van der Waals surface area contributed by atoms with Crippen LogP contribution in [0.1, 0.15) is 12.1 Å². The molecule has 144 valence electrons. The van der Waals surface area contributed by atoms with Crippen molar-refractivity contribution in [2.45, 2.75) is 13.0 Å². The molecule has 0 saturated heterocycles. The average Bonchev–Trinajstić information content (AvgIpc) is 3.25. The molecule has 1 aliphatic rings. The molecule has 1 aromatic heterocycles. The molecule has 0 saturated carbocycles. The molecule has 2 heterocycles. The Morgan fingerprint density at radius 3 is 2.70 bits per heavy atom. The summed E-state index contributed by atoms with van der Waals surface area (Å²) >= 11 is 1.43. The molecular weight excluding hydrogens is 390 g/mol. The van der Waals surface area contributed by atoms with Crippen LogP contribution in [-0.4, -0.2) is 39.3 Å². The molecular formula is C18H19NO6S2. The van der Waals surface area contributed by atoms with E-state index in [1.165, 1.54) is 17.4 Å². The number of ether oxygens (including phenoxy) is 3.